The highest BCUT2D eigenvalue weighted by Gasteiger charge is 2.63. The number of nitriles is 1. The van der Waals surface area contributed by atoms with Crippen molar-refractivity contribution in [2.24, 2.45) is 11.8 Å². The maximum absolute atomic E-state index is 15.0. The van der Waals surface area contributed by atoms with Crippen LogP contribution in [0.5, 0.6) is 0 Å². The summed E-state index contributed by atoms with van der Waals surface area (Å²) in [5.41, 5.74) is -1.73. The number of hydrogen-bond acceptors (Lipinski definition) is 7. The second-order valence-corrected chi connectivity index (χ2v) is 13.4. The van der Waals surface area contributed by atoms with E-state index in [2.05, 4.69) is 10.1 Å². The number of benzene rings is 2. The molecule has 1 N–H and O–H groups in total. The fourth-order valence-corrected chi connectivity index (χ4v) is 8.65. The number of thiazole rings is 1. The van der Waals surface area contributed by atoms with Crippen molar-refractivity contribution in [3.8, 4) is 17.3 Å². The summed E-state index contributed by atoms with van der Waals surface area (Å²) in [7, 11) is 0. The predicted octanol–water partition coefficient (Wildman–Crippen LogP) is 8.37. The van der Waals surface area contributed by atoms with E-state index in [1.165, 1.54) is 6.07 Å². The number of aromatic nitrogens is 2. The minimum absolute atomic E-state index is 0.0644. The van der Waals surface area contributed by atoms with Gasteiger partial charge >= 0.3 is 0 Å². The van der Waals surface area contributed by atoms with Gasteiger partial charge in [-0.25, -0.2) is 18.2 Å². The summed E-state index contributed by atoms with van der Waals surface area (Å²) < 4.78 is 56.9. The molecule has 6 nitrogen and oxygen atoms in total. The highest BCUT2D eigenvalue weighted by atomic mass is 35.5. The highest BCUT2D eigenvalue weighted by molar-refractivity contribution is 7.18. The molecular weight excluding hydrogens is 610 g/mol. The van der Waals surface area contributed by atoms with Crippen molar-refractivity contribution in [3.63, 3.8) is 0 Å². The molecule has 7 rings (SSSR count). The summed E-state index contributed by atoms with van der Waals surface area (Å²) >= 11 is 14.0. The van der Waals surface area contributed by atoms with Gasteiger partial charge in [-0.15, -0.1) is 11.3 Å². The average molecular weight is 635 g/mol. The summed E-state index contributed by atoms with van der Waals surface area (Å²) in [6.45, 7) is -0.183. The maximum atomic E-state index is 15.0. The Morgan fingerprint density at radius 1 is 1.14 bits per heavy atom. The maximum Gasteiger partial charge on any atom is 0.267 e. The average Bonchev–Trinajstić information content (AvgIpc) is 3.53. The van der Waals surface area contributed by atoms with Crippen molar-refractivity contribution in [3.05, 3.63) is 68.1 Å². The van der Waals surface area contributed by atoms with E-state index in [9.17, 15) is 23.5 Å². The number of aliphatic hydroxyl groups is 1. The van der Waals surface area contributed by atoms with Gasteiger partial charge in [0.05, 0.1) is 33.0 Å². The lowest BCUT2D eigenvalue weighted by Crippen LogP contribution is -2.54. The van der Waals surface area contributed by atoms with Crippen LogP contribution >= 0.6 is 34.5 Å². The van der Waals surface area contributed by atoms with Crippen LogP contribution in [0, 0.1) is 29.0 Å². The van der Waals surface area contributed by atoms with Gasteiger partial charge in [0.2, 0.25) is 0 Å². The zero-order valence-corrected chi connectivity index (χ0v) is 24.4. The van der Waals surface area contributed by atoms with E-state index in [1.54, 1.807) is 18.2 Å². The molecule has 2 bridgehead atoms. The van der Waals surface area contributed by atoms with Crippen LogP contribution in [0.1, 0.15) is 66.3 Å². The van der Waals surface area contributed by atoms with Crippen LogP contribution in [0.4, 0.5) is 13.2 Å². The summed E-state index contributed by atoms with van der Waals surface area (Å²) in [6.07, 6.45) is -0.240. The molecule has 2 heterocycles. The van der Waals surface area contributed by atoms with Gasteiger partial charge in [0.1, 0.15) is 33.2 Å². The third-order valence-corrected chi connectivity index (χ3v) is 10.9. The molecular formula is C30H24Cl2F3N3O3S. The van der Waals surface area contributed by atoms with Crippen LogP contribution in [0.25, 0.3) is 21.5 Å². The largest absolute Gasteiger partial charge is 0.382 e. The van der Waals surface area contributed by atoms with E-state index in [-0.39, 0.29) is 41.5 Å². The van der Waals surface area contributed by atoms with Gasteiger partial charge in [0, 0.05) is 17.0 Å². The van der Waals surface area contributed by atoms with Crippen molar-refractivity contribution < 1.29 is 27.5 Å². The Hall–Kier alpha value is -2.68. The number of hydrogen-bond donors (Lipinski definition) is 1. The van der Waals surface area contributed by atoms with Crippen molar-refractivity contribution in [2.75, 3.05) is 0 Å². The standard InChI is InChI=1S/C30H24Cl2F3N3O3S/c31-19-2-1-3-20(32)23(19)24-18(26(41-38-24)15-4-5-15)13-40-29(27(34)35)10-16-6-7-17(11-29)30(16,39)28-37-25-21(33)8-14(12-36)9-22(25)42-28/h1-3,8-9,15-17,27,39H,4-7,10-11,13H2/t16-,17+,29?,30+. The molecule has 4 atom stereocenters. The van der Waals surface area contributed by atoms with Crippen LogP contribution < -0.4 is 0 Å². The second kappa shape index (κ2) is 10.2. The lowest BCUT2D eigenvalue weighted by Gasteiger charge is -2.47. The Bertz CT molecular complexity index is 1710. The second-order valence-electron chi connectivity index (χ2n) is 11.5. The van der Waals surface area contributed by atoms with Gasteiger partial charge in [0.25, 0.3) is 6.43 Å². The van der Waals surface area contributed by atoms with E-state index in [0.29, 0.717) is 50.2 Å². The molecule has 3 aliphatic carbocycles. The molecule has 0 amide bonds. The van der Waals surface area contributed by atoms with E-state index < -0.39 is 35.3 Å². The van der Waals surface area contributed by atoms with Crippen LogP contribution in [0.2, 0.25) is 10.0 Å². The lowest BCUT2D eigenvalue weighted by molar-refractivity contribution is -0.215. The van der Waals surface area contributed by atoms with Gasteiger partial charge in [0.15, 0.2) is 5.82 Å². The molecule has 3 saturated carbocycles. The molecule has 12 heteroatoms. The monoisotopic (exact) mass is 633 g/mol. The summed E-state index contributed by atoms with van der Waals surface area (Å²) in [5.74, 6) is -1.09. The molecule has 218 valence electrons. The summed E-state index contributed by atoms with van der Waals surface area (Å²) in [5, 5.41) is 26.5. The first-order chi connectivity index (χ1) is 20.1. The minimum atomic E-state index is -2.83. The predicted molar refractivity (Wildman–Crippen MR) is 151 cm³/mol. The summed E-state index contributed by atoms with van der Waals surface area (Å²) in [6, 6.07) is 9.61. The van der Waals surface area contributed by atoms with Gasteiger partial charge < -0.3 is 14.4 Å². The first-order valence-corrected chi connectivity index (χ1v) is 15.3. The minimum Gasteiger partial charge on any atom is -0.382 e. The molecule has 0 aliphatic heterocycles. The van der Waals surface area contributed by atoms with Gasteiger partial charge in [-0.1, -0.05) is 34.4 Å². The Kier molecular flexibility index (Phi) is 6.83. The van der Waals surface area contributed by atoms with Crippen molar-refractivity contribution >= 4 is 44.8 Å². The van der Waals surface area contributed by atoms with Crippen molar-refractivity contribution in [1.29, 1.82) is 5.26 Å². The topological polar surface area (TPSA) is 92.2 Å². The fraction of sp³-hybridized carbons (Fsp3) is 0.433. The van der Waals surface area contributed by atoms with Crippen LogP contribution in [0.3, 0.4) is 0 Å². The van der Waals surface area contributed by atoms with Gasteiger partial charge in [-0.05, 0) is 74.6 Å². The molecule has 0 radical (unpaired) electrons. The third-order valence-electron chi connectivity index (χ3n) is 9.08. The molecule has 3 aliphatic rings. The van der Waals surface area contributed by atoms with E-state index >= 15 is 0 Å². The zero-order valence-electron chi connectivity index (χ0n) is 22.0. The number of ether oxygens (including phenoxy) is 1. The molecule has 2 aromatic heterocycles. The number of rotatable bonds is 7. The van der Waals surface area contributed by atoms with Crippen LogP contribution in [-0.4, -0.2) is 27.3 Å². The Labute approximate surface area is 253 Å². The number of alkyl halides is 2. The van der Waals surface area contributed by atoms with Crippen LogP contribution in [-0.2, 0) is 16.9 Å². The Balaban J connectivity index is 1.21. The first-order valence-electron chi connectivity index (χ1n) is 13.7. The lowest BCUT2D eigenvalue weighted by atomic mass is 9.68. The molecule has 0 saturated heterocycles. The SMILES string of the molecule is N#Cc1cc(F)c2nc([C@]3(O)[C@@H]4CC[C@H]3CC(OCc3c(-c5c(Cl)cccc5Cl)noc3C3CC3)(C(F)F)C4)sc2c1. The Morgan fingerprint density at radius 2 is 1.83 bits per heavy atom. The highest BCUT2D eigenvalue weighted by Crippen LogP contribution is 2.61. The first kappa shape index (κ1) is 28.1. The molecule has 0 spiro atoms. The van der Waals surface area contributed by atoms with Crippen LogP contribution in [0.15, 0.2) is 34.9 Å². The van der Waals surface area contributed by atoms with Gasteiger partial charge in [-0.2, -0.15) is 5.26 Å². The van der Waals surface area contributed by atoms with Crippen molar-refractivity contribution in [1.82, 2.24) is 10.1 Å². The Morgan fingerprint density at radius 3 is 2.45 bits per heavy atom. The fourth-order valence-electron chi connectivity index (χ4n) is 6.81. The van der Waals surface area contributed by atoms with E-state index in [0.717, 1.165) is 30.2 Å². The van der Waals surface area contributed by atoms with E-state index in [4.69, 9.17) is 32.5 Å². The third kappa shape index (κ3) is 4.36. The molecule has 1 unspecified atom stereocenters. The molecule has 3 fully saturated rings. The zero-order chi connectivity index (χ0) is 29.4. The summed E-state index contributed by atoms with van der Waals surface area (Å²) in [4.78, 5) is 4.41. The van der Waals surface area contributed by atoms with Gasteiger partial charge in [-0.3, -0.25) is 0 Å². The molecule has 42 heavy (non-hydrogen) atoms. The van der Waals surface area contributed by atoms with E-state index in [1.807, 2.05) is 6.07 Å². The number of halogens is 5. The molecule has 4 aromatic rings. The molecule has 2 aromatic carbocycles. The smallest absolute Gasteiger partial charge is 0.267 e. The quantitative estimate of drug-likeness (QED) is 0.220. The normalized spacial score (nSPS) is 27.2. The van der Waals surface area contributed by atoms with Crippen molar-refractivity contribution in [2.45, 2.75) is 68.7 Å². The number of fused-ring (bicyclic) bond motifs is 3. The number of nitrogens with zero attached hydrogens (tertiary/aromatic N) is 3.